The van der Waals surface area contributed by atoms with Crippen LogP contribution in [0.4, 0.5) is 23.2 Å². The highest BCUT2D eigenvalue weighted by atomic mass is 19.4. The molecule has 1 aromatic carbocycles. The molecule has 2 rings (SSSR count). The minimum absolute atomic E-state index is 0.0494. The maximum Gasteiger partial charge on any atom is 0.390 e. The maximum absolute atomic E-state index is 14.6. The summed E-state index contributed by atoms with van der Waals surface area (Å²) in [5.41, 5.74) is 3.78. The molecule has 1 heterocycles. The highest BCUT2D eigenvalue weighted by molar-refractivity contribution is 6.01. The van der Waals surface area contributed by atoms with E-state index >= 15 is 0 Å². The van der Waals surface area contributed by atoms with Gasteiger partial charge in [-0.2, -0.15) is 13.2 Å². The Morgan fingerprint density at radius 1 is 1.27 bits per heavy atom. The molecule has 1 aliphatic heterocycles. The van der Waals surface area contributed by atoms with Crippen LogP contribution in [0.15, 0.2) is 23.2 Å². The first-order valence-corrected chi connectivity index (χ1v) is 8.04. The molecule has 1 amide bonds. The van der Waals surface area contributed by atoms with Gasteiger partial charge in [0.25, 0.3) is 0 Å². The van der Waals surface area contributed by atoms with Crippen LogP contribution < -0.4 is 11.1 Å². The van der Waals surface area contributed by atoms with Crippen molar-refractivity contribution in [2.24, 2.45) is 16.1 Å². The van der Waals surface area contributed by atoms with E-state index < -0.39 is 29.4 Å². The number of benzene rings is 1. The number of rotatable bonds is 4. The van der Waals surface area contributed by atoms with Crippen LogP contribution in [0.25, 0.3) is 0 Å². The predicted octanol–water partition coefficient (Wildman–Crippen LogP) is 3.22. The van der Waals surface area contributed by atoms with E-state index in [1.807, 2.05) is 0 Å². The lowest BCUT2D eigenvalue weighted by Gasteiger charge is -2.46. The normalized spacial score (nSPS) is 23.0. The fourth-order valence-electron chi connectivity index (χ4n) is 2.93. The Balaban J connectivity index is 2.43. The second-order valence-electron chi connectivity index (χ2n) is 7.02. The number of hydrogen-bond donors (Lipinski definition) is 2. The molecule has 26 heavy (non-hydrogen) atoms. The molecular formula is C17H22F4N4O. The van der Waals surface area contributed by atoms with E-state index in [2.05, 4.69) is 10.3 Å². The number of carbonyl (C=O) groups excluding carboxylic acids is 1. The zero-order valence-electron chi connectivity index (χ0n) is 15.0. The molecule has 1 unspecified atom stereocenters. The summed E-state index contributed by atoms with van der Waals surface area (Å²) in [6.45, 7) is 4.50. The van der Waals surface area contributed by atoms with Crippen molar-refractivity contribution in [3.8, 4) is 0 Å². The number of anilines is 1. The topological polar surface area (TPSA) is 70.7 Å². The first-order valence-electron chi connectivity index (χ1n) is 8.04. The van der Waals surface area contributed by atoms with E-state index in [0.717, 1.165) is 6.07 Å². The number of guanidine groups is 1. The van der Waals surface area contributed by atoms with Gasteiger partial charge in [0.15, 0.2) is 5.96 Å². The monoisotopic (exact) mass is 374 g/mol. The van der Waals surface area contributed by atoms with Crippen molar-refractivity contribution in [3.05, 3.63) is 29.6 Å². The standard InChI is InChI=1S/C17H22F4N4O/c1-15(2)13(26)25(4)14(22)24-16(15,3)11-9-10(5-6-12(11)18)23-8-7-17(19,20)21/h5-6,9,23H,7-8H2,1-4H3,(H2,22,24). The first-order chi connectivity index (χ1) is 11.8. The number of halogens is 4. The Morgan fingerprint density at radius 3 is 2.46 bits per heavy atom. The van der Waals surface area contributed by atoms with Crippen LogP contribution in [0.2, 0.25) is 0 Å². The minimum atomic E-state index is -4.29. The van der Waals surface area contributed by atoms with Gasteiger partial charge in [-0.05, 0) is 39.0 Å². The number of nitrogens with zero attached hydrogens (tertiary/aromatic N) is 2. The summed E-state index contributed by atoms with van der Waals surface area (Å²) in [7, 11) is 1.48. The number of nitrogens with two attached hydrogens (primary N) is 1. The molecule has 144 valence electrons. The summed E-state index contributed by atoms with van der Waals surface area (Å²) in [5.74, 6) is -0.996. The third-order valence-corrected chi connectivity index (χ3v) is 4.97. The molecule has 1 aliphatic rings. The number of carbonyl (C=O) groups is 1. The highest BCUT2D eigenvalue weighted by Gasteiger charge is 2.53. The summed E-state index contributed by atoms with van der Waals surface area (Å²) in [6, 6.07) is 3.86. The van der Waals surface area contributed by atoms with Crippen LogP contribution in [-0.4, -0.2) is 36.5 Å². The molecule has 0 saturated heterocycles. The predicted molar refractivity (Wildman–Crippen MR) is 91.1 cm³/mol. The molecule has 5 nitrogen and oxygen atoms in total. The zero-order valence-corrected chi connectivity index (χ0v) is 15.0. The fourth-order valence-corrected chi connectivity index (χ4v) is 2.93. The molecular weight excluding hydrogens is 352 g/mol. The summed E-state index contributed by atoms with van der Waals surface area (Å²) >= 11 is 0. The number of amides is 1. The number of alkyl halides is 3. The Kier molecular flexibility index (Phi) is 4.95. The molecule has 0 saturated carbocycles. The molecule has 0 aromatic heterocycles. The fraction of sp³-hybridized carbons (Fsp3) is 0.529. The van der Waals surface area contributed by atoms with Crippen molar-refractivity contribution in [3.63, 3.8) is 0 Å². The lowest BCUT2D eigenvalue weighted by atomic mass is 9.67. The molecule has 3 N–H and O–H groups in total. The second kappa shape index (κ2) is 6.44. The van der Waals surface area contributed by atoms with Gasteiger partial charge in [0.2, 0.25) is 5.91 Å². The van der Waals surface area contributed by atoms with Crippen molar-refractivity contribution in [2.45, 2.75) is 38.9 Å². The lowest BCUT2D eigenvalue weighted by molar-refractivity contribution is -0.140. The van der Waals surface area contributed by atoms with E-state index in [4.69, 9.17) is 5.73 Å². The third-order valence-electron chi connectivity index (χ3n) is 4.97. The SMILES string of the molecule is CN1C(=O)C(C)(C)C(C)(c2cc(NCCC(F)(F)F)ccc2F)N=C1N. The number of hydrogen-bond acceptors (Lipinski definition) is 4. The molecule has 1 aromatic rings. The third kappa shape index (κ3) is 3.47. The van der Waals surface area contributed by atoms with Gasteiger partial charge in [-0.3, -0.25) is 9.69 Å². The first kappa shape index (κ1) is 20.0. The molecule has 0 aliphatic carbocycles. The van der Waals surface area contributed by atoms with E-state index in [1.54, 1.807) is 20.8 Å². The second-order valence-corrected chi connectivity index (χ2v) is 7.02. The maximum atomic E-state index is 14.6. The largest absolute Gasteiger partial charge is 0.390 e. The van der Waals surface area contributed by atoms with Crippen LogP contribution >= 0.6 is 0 Å². The molecule has 0 fully saturated rings. The minimum Gasteiger partial charge on any atom is -0.385 e. The Morgan fingerprint density at radius 2 is 1.88 bits per heavy atom. The average molecular weight is 374 g/mol. The van der Waals surface area contributed by atoms with Crippen LogP contribution in [0, 0.1) is 11.2 Å². The van der Waals surface area contributed by atoms with Crippen molar-refractivity contribution < 1.29 is 22.4 Å². The average Bonchev–Trinajstić information content (AvgIpc) is 2.52. The van der Waals surface area contributed by atoms with Gasteiger partial charge in [-0.15, -0.1) is 0 Å². The molecule has 0 bridgehead atoms. The van der Waals surface area contributed by atoms with Crippen LogP contribution in [0.3, 0.4) is 0 Å². The van der Waals surface area contributed by atoms with Gasteiger partial charge >= 0.3 is 6.18 Å². The molecule has 0 spiro atoms. The van der Waals surface area contributed by atoms with Crippen LogP contribution in [0.5, 0.6) is 0 Å². The summed E-state index contributed by atoms with van der Waals surface area (Å²) in [6.07, 6.45) is -5.31. The number of aliphatic imine (C=N–C) groups is 1. The molecule has 0 radical (unpaired) electrons. The smallest absolute Gasteiger partial charge is 0.385 e. The van der Waals surface area contributed by atoms with E-state index in [1.165, 1.54) is 24.1 Å². The van der Waals surface area contributed by atoms with Crippen LogP contribution in [-0.2, 0) is 10.3 Å². The van der Waals surface area contributed by atoms with Crippen LogP contribution in [0.1, 0.15) is 32.8 Å². The highest BCUT2D eigenvalue weighted by Crippen LogP contribution is 2.47. The van der Waals surface area contributed by atoms with Gasteiger partial charge in [0, 0.05) is 24.8 Å². The lowest BCUT2D eigenvalue weighted by Crippen LogP contribution is -2.58. The van der Waals surface area contributed by atoms with E-state index in [-0.39, 0.29) is 24.0 Å². The van der Waals surface area contributed by atoms with Crippen molar-refractivity contribution >= 4 is 17.6 Å². The molecule has 1 atom stereocenters. The van der Waals surface area contributed by atoms with E-state index in [0.29, 0.717) is 5.69 Å². The Hall–Kier alpha value is -2.32. The van der Waals surface area contributed by atoms with Gasteiger partial charge in [-0.1, -0.05) is 0 Å². The Bertz CT molecular complexity index is 745. The van der Waals surface area contributed by atoms with Crippen molar-refractivity contribution in [1.82, 2.24) is 4.90 Å². The van der Waals surface area contributed by atoms with Gasteiger partial charge in [0.05, 0.1) is 11.8 Å². The van der Waals surface area contributed by atoms with Gasteiger partial charge in [-0.25, -0.2) is 9.38 Å². The number of nitrogens with one attached hydrogen (secondary N) is 1. The zero-order chi connectivity index (χ0) is 19.9. The molecule has 9 heteroatoms. The summed E-state index contributed by atoms with van der Waals surface area (Å²) in [4.78, 5) is 18.2. The Labute approximate surface area is 149 Å². The quantitative estimate of drug-likeness (QED) is 0.795. The van der Waals surface area contributed by atoms with E-state index in [9.17, 15) is 22.4 Å². The van der Waals surface area contributed by atoms with Gasteiger partial charge in [0.1, 0.15) is 11.4 Å². The van der Waals surface area contributed by atoms with Crippen molar-refractivity contribution in [2.75, 3.05) is 18.9 Å². The van der Waals surface area contributed by atoms with Gasteiger partial charge < -0.3 is 11.1 Å². The summed E-state index contributed by atoms with van der Waals surface area (Å²) in [5, 5.41) is 2.62. The summed E-state index contributed by atoms with van der Waals surface area (Å²) < 4.78 is 51.5. The van der Waals surface area contributed by atoms with Crippen molar-refractivity contribution in [1.29, 1.82) is 0 Å².